The first-order valence-electron chi connectivity index (χ1n) is 10.4. The van der Waals surface area contributed by atoms with Crippen molar-refractivity contribution < 1.29 is 9.59 Å². The minimum Gasteiger partial charge on any atom is -0.322 e. The molecule has 0 saturated carbocycles. The van der Waals surface area contributed by atoms with Crippen molar-refractivity contribution in [2.24, 2.45) is 0 Å². The molecular formula is C25H17Cl4N3O2S2. The minimum absolute atomic E-state index is 0.203. The molecule has 4 aromatic rings. The van der Waals surface area contributed by atoms with Crippen molar-refractivity contribution in [3.63, 3.8) is 0 Å². The van der Waals surface area contributed by atoms with E-state index in [4.69, 9.17) is 46.4 Å². The highest BCUT2D eigenvalue weighted by atomic mass is 35.5. The Morgan fingerprint density at radius 2 is 1.64 bits per heavy atom. The fourth-order valence-corrected chi connectivity index (χ4v) is 5.78. The fraction of sp³-hybridized carbons (Fsp3) is 0.0800. The smallest absolute Gasteiger partial charge is 0.257 e. The lowest BCUT2D eigenvalue weighted by molar-refractivity contribution is -0.115. The van der Waals surface area contributed by atoms with E-state index in [9.17, 15) is 9.59 Å². The van der Waals surface area contributed by atoms with Gasteiger partial charge in [0.1, 0.15) is 0 Å². The van der Waals surface area contributed by atoms with Crippen molar-refractivity contribution in [3.05, 3.63) is 91.7 Å². The van der Waals surface area contributed by atoms with Gasteiger partial charge in [0.15, 0.2) is 5.13 Å². The van der Waals surface area contributed by atoms with Gasteiger partial charge in [0, 0.05) is 31.6 Å². The van der Waals surface area contributed by atoms with Crippen LogP contribution in [0, 0.1) is 0 Å². The van der Waals surface area contributed by atoms with Crippen LogP contribution in [0.4, 0.5) is 10.8 Å². The summed E-state index contributed by atoms with van der Waals surface area (Å²) >= 11 is 26.9. The largest absolute Gasteiger partial charge is 0.322 e. The molecule has 0 bridgehead atoms. The molecule has 3 aromatic carbocycles. The van der Waals surface area contributed by atoms with E-state index < -0.39 is 5.25 Å². The summed E-state index contributed by atoms with van der Waals surface area (Å²) in [4.78, 5) is 30.7. The molecule has 5 nitrogen and oxygen atoms in total. The van der Waals surface area contributed by atoms with E-state index in [1.165, 1.54) is 29.2 Å². The number of benzene rings is 3. The maximum Gasteiger partial charge on any atom is 0.257 e. The third kappa shape index (κ3) is 6.73. The molecule has 0 saturated heterocycles. The topological polar surface area (TPSA) is 71.1 Å². The number of nitrogens with zero attached hydrogens (tertiary/aromatic N) is 1. The van der Waals surface area contributed by atoms with Crippen LogP contribution >= 0.6 is 69.5 Å². The predicted molar refractivity (Wildman–Crippen MR) is 152 cm³/mol. The van der Waals surface area contributed by atoms with Gasteiger partial charge in [-0.2, -0.15) is 0 Å². The van der Waals surface area contributed by atoms with E-state index in [-0.39, 0.29) is 16.8 Å². The molecule has 0 fully saturated rings. The number of hydrogen-bond acceptors (Lipinski definition) is 5. The minimum atomic E-state index is -0.423. The van der Waals surface area contributed by atoms with Crippen molar-refractivity contribution in [1.29, 1.82) is 0 Å². The van der Waals surface area contributed by atoms with Crippen LogP contribution in [-0.4, -0.2) is 22.0 Å². The molecule has 1 aromatic heterocycles. The first kappa shape index (κ1) is 26.8. The Morgan fingerprint density at radius 1 is 0.917 bits per heavy atom. The number of aromatic nitrogens is 1. The highest BCUT2D eigenvalue weighted by molar-refractivity contribution is 8.00. The van der Waals surface area contributed by atoms with Gasteiger partial charge in [-0.15, -0.1) is 23.1 Å². The summed E-state index contributed by atoms with van der Waals surface area (Å²) in [5, 5.41) is 9.27. The quantitative estimate of drug-likeness (QED) is 0.209. The Kier molecular flexibility index (Phi) is 8.83. The molecule has 1 atom stereocenters. The first-order chi connectivity index (χ1) is 17.2. The van der Waals surface area contributed by atoms with E-state index in [0.717, 1.165) is 10.5 Å². The molecule has 1 unspecified atom stereocenters. The molecule has 0 radical (unpaired) electrons. The molecule has 2 amide bonds. The van der Waals surface area contributed by atoms with Crippen LogP contribution in [0.5, 0.6) is 0 Å². The molecular weight excluding hydrogens is 580 g/mol. The van der Waals surface area contributed by atoms with Crippen molar-refractivity contribution in [3.8, 4) is 11.3 Å². The molecule has 184 valence electrons. The number of carbonyl (C=O) groups excluding carboxylic acids is 2. The zero-order chi connectivity index (χ0) is 25.8. The van der Waals surface area contributed by atoms with Crippen molar-refractivity contribution in [1.82, 2.24) is 4.98 Å². The molecule has 0 spiro atoms. The fourth-order valence-electron chi connectivity index (χ4n) is 3.14. The van der Waals surface area contributed by atoms with Gasteiger partial charge in [0.2, 0.25) is 5.91 Å². The van der Waals surface area contributed by atoms with Crippen molar-refractivity contribution in [2.75, 3.05) is 10.6 Å². The van der Waals surface area contributed by atoms with E-state index in [0.29, 0.717) is 37.1 Å². The summed E-state index contributed by atoms with van der Waals surface area (Å²) in [6.45, 7) is 1.79. The highest BCUT2D eigenvalue weighted by Crippen LogP contribution is 2.33. The summed E-state index contributed by atoms with van der Waals surface area (Å²) in [7, 11) is 0. The number of halogens is 4. The van der Waals surface area contributed by atoms with Crippen LogP contribution in [0.25, 0.3) is 11.3 Å². The molecule has 36 heavy (non-hydrogen) atoms. The van der Waals surface area contributed by atoms with E-state index >= 15 is 0 Å². The van der Waals surface area contributed by atoms with Crippen molar-refractivity contribution >= 4 is 92.1 Å². The Balaban J connectivity index is 1.38. The lowest BCUT2D eigenvalue weighted by Gasteiger charge is -2.12. The average molecular weight is 597 g/mol. The summed E-state index contributed by atoms with van der Waals surface area (Å²) in [6.07, 6.45) is 0. The zero-order valence-corrected chi connectivity index (χ0v) is 23.2. The van der Waals surface area contributed by atoms with Gasteiger partial charge >= 0.3 is 0 Å². The number of nitrogens with one attached hydrogen (secondary N) is 2. The van der Waals surface area contributed by atoms with Gasteiger partial charge in [-0.3, -0.25) is 9.59 Å². The summed E-state index contributed by atoms with van der Waals surface area (Å²) < 4.78 is 0. The number of carbonyl (C=O) groups is 2. The lowest BCUT2D eigenvalue weighted by Crippen LogP contribution is -2.22. The molecule has 1 heterocycles. The van der Waals surface area contributed by atoms with Crippen LogP contribution in [0.15, 0.2) is 70.9 Å². The van der Waals surface area contributed by atoms with Gasteiger partial charge in [-0.1, -0.05) is 52.5 Å². The normalized spacial score (nSPS) is 11.7. The second kappa shape index (κ2) is 11.9. The maximum absolute atomic E-state index is 12.8. The predicted octanol–water partition coefficient (Wildman–Crippen LogP) is 8.80. The monoisotopic (exact) mass is 595 g/mol. The van der Waals surface area contributed by atoms with Gasteiger partial charge in [0.25, 0.3) is 5.91 Å². The molecule has 2 N–H and O–H groups in total. The zero-order valence-electron chi connectivity index (χ0n) is 18.5. The maximum atomic E-state index is 12.8. The van der Waals surface area contributed by atoms with Crippen LogP contribution in [-0.2, 0) is 4.79 Å². The molecule has 11 heteroatoms. The van der Waals surface area contributed by atoms with Gasteiger partial charge in [-0.05, 0) is 61.5 Å². The van der Waals surface area contributed by atoms with Crippen LogP contribution in [0.1, 0.15) is 17.3 Å². The third-order valence-electron chi connectivity index (χ3n) is 4.89. The summed E-state index contributed by atoms with van der Waals surface area (Å²) in [5.41, 5.74) is 2.28. The number of thioether (sulfide) groups is 1. The number of anilines is 2. The van der Waals surface area contributed by atoms with Crippen LogP contribution in [0.3, 0.4) is 0 Å². The first-order valence-corrected chi connectivity index (χ1v) is 13.7. The molecule has 0 aliphatic heterocycles. The van der Waals surface area contributed by atoms with Crippen molar-refractivity contribution in [2.45, 2.75) is 17.1 Å². The number of amides is 2. The van der Waals surface area contributed by atoms with E-state index in [1.807, 2.05) is 11.4 Å². The Labute approximate surface area is 236 Å². The lowest BCUT2D eigenvalue weighted by atomic mass is 10.2. The molecule has 0 aliphatic carbocycles. The number of hydrogen-bond donors (Lipinski definition) is 2. The average Bonchev–Trinajstić information content (AvgIpc) is 3.27. The number of rotatable bonds is 7. The van der Waals surface area contributed by atoms with Crippen LogP contribution < -0.4 is 10.6 Å². The van der Waals surface area contributed by atoms with Gasteiger partial charge < -0.3 is 10.6 Å². The highest BCUT2D eigenvalue weighted by Gasteiger charge is 2.18. The molecule has 4 rings (SSSR count). The Bertz CT molecular complexity index is 1440. The summed E-state index contributed by atoms with van der Waals surface area (Å²) in [6, 6.07) is 17.1. The van der Waals surface area contributed by atoms with E-state index in [1.54, 1.807) is 55.5 Å². The van der Waals surface area contributed by atoms with Gasteiger partial charge in [-0.25, -0.2) is 4.98 Å². The standard InChI is InChI=1S/C25H17Cl4N3O2S2/c1-13(23(33)32-25-31-22(12-35-25)18-7-5-14(26)9-20(18)28)36-17-4-2-3-16(11-17)30-24(34)19-8-6-15(27)10-21(19)29/h2-13H,1H3,(H,30,34)(H,31,32,33). The van der Waals surface area contributed by atoms with E-state index in [2.05, 4.69) is 15.6 Å². The third-order valence-corrected chi connectivity index (χ3v) is 7.84. The second-order valence-corrected chi connectivity index (χ2v) is 11.5. The SMILES string of the molecule is CC(Sc1cccc(NC(=O)c2ccc(Cl)cc2Cl)c1)C(=O)Nc1nc(-c2ccc(Cl)cc2Cl)cs1. The van der Waals surface area contributed by atoms with Crippen LogP contribution in [0.2, 0.25) is 20.1 Å². The summed E-state index contributed by atoms with van der Waals surface area (Å²) in [5.74, 6) is -0.560. The number of thiazole rings is 1. The Morgan fingerprint density at radius 3 is 2.36 bits per heavy atom. The Hall–Kier alpha value is -2.26. The molecule has 0 aliphatic rings. The van der Waals surface area contributed by atoms with Gasteiger partial charge in [0.05, 0.1) is 26.6 Å². The second-order valence-electron chi connectivity index (χ2n) is 7.52.